The van der Waals surface area contributed by atoms with Gasteiger partial charge in [0.15, 0.2) is 0 Å². The zero-order valence-electron chi connectivity index (χ0n) is 12.2. The average molecular weight is 334 g/mol. The Morgan fingerprint density at radius 1 is 1.48 bits per heavy atom. The monoisotopic (exact) mass is 333 g/mol. The van der Waals surface area contributed by atoms with Crippen molar-refractivity contribution in [1.29, 1.82) is 0 Å². The molecule has 1 saturated heterocycles. The molecule has 1 heterocycles. The Bertz CT molecular complexity index is 591. The van der Waals surface area contributed by atoms with Crippen LogP contribution in [0.5, 0.6) is 5.75 Å². The fourth-order valence-corrected chi connectivity index (χ4v) is 4.18. The van der Waals surface area contributed by atoms with Gasteiger partial charge in [-0.25, -0.2) is 8.42 Å². The second-order valence-electron chi connectivity index (χ2n) is 5.02. The summed E-state index contributed by atoms with van der Waals surface area (Å²) < 4.78 is 37.8. The van der Waals surface area contributed by atoms with Crippen molar-refractivity contribution in [3.05, 3.63) is 23.8 Å². The summed E-state index contributed by atoms with van der Waals surface area (Å²) in [6.45, 7) is 3.26. The van der Waals surface area contributed by atoms with Crippen LogP contribution in [0.2, 0.25) is 0 Å². The number of hydrogen-bond acceptors (Lipinski definition) is 4. The zero-order valence-corrected chi connectivity index (χ0v) is 13.8. The molecule has 1 aromatic carbocycles. The molecule has 21 heavy (non-hydrogen) atoms. The molecule has 7 heteroatoms. The van der Waals surface area contributed by atoms with E-state index in [0.29, 0.717) is 37.7 Å². The van der Waals surface area contributed by atoms with E-state index < -0.39 is 10.0 Å². The molecule has 0 radical (unpaired) electrons. The van der Waals surface area contributed by atoms with Crippen LogP contribution in [0, 0.1) is 0 Å². The topological polar surface area (TPSA) is 55.8 Å². The molecule has 1 aliphatic heterocycles. The summed E-state index contributed by atoms with van der Waals surface area (Å²) in [5.74, 6) is 0.636. The van der Waals surface area contributed by atoms with Crippen LogP contribution in [0.1, 0.15) is 18.9 Å². The summed E-state index contributed by atoms with van der Waals surface area (Å²) in [5, 5.41) is 0. The zero-order chi connectivity index (χ0) is 15.5. The van der Waals surface area contributed by atoms with E-state index in [1.54, 1.807) is 18.2 Å². The van der Waals surface area contributed by atoms with Crippen LogP contribution in [-0.4, -0.2) is 45.6 Å². The third-order valence-electron chi connectivity index (χ3n) is 3.42. The number of alkyl halides is 1. The second-order valence-corrected chi connectivity index (χ2v) is 7.19. The van der Waals surface area contributed by atoms with Crippen LogP contribution < -0.4 is 4.74 Å². The van der Waals surface area contributed by atoms with Crippen LogP contribution in [0.3, 0.4) is 0 Å². The molecule has 1 aromatic rings. The predicted octanol–water partition coefficient (Wildman–Crippen LogP) is 2.23. The lowest BCUT2D eigenvalue weighted by molar-refractivity contribution is 0.0752. The summed E-state index contributed by atoms with van der Waals surface area (Å²) in [6, 6.07) is 4.93. The van der Waals surface area contributed by atoms with Crippen LogP contribution >= 0.6 is 11.6 Å². The molecule has 0 bridgehead atoms. The number of nitrogens with zero attached hydrogens (tertiary/aromatic N) is 1. The lowest BCUT2D eigenvalue weighted by Gasteiger charge is -2.22. The highest BCUT2D eigenvalue weighted by molar-refractivity contribution is 7.89. The van der Waals surface area contributed by atoms with Crippen LogP contribution in [0.4, 0.5) is 0 Å². The smallest absolute Gasteiger partial charge is 0.246 e. The minimum absolute atomic E-state index is 0.115. The Hall–Kier alpha value is -0.820. The Labute approximate surface area is 130 Å². The Morgan fingerprint density at radius 3 is 2.90 bits per heavy atom. The van der Waals surface area contributed by atoms with Crippen LogP contribution in [-0.2, 0) is 20.6 Å². The quantitative estimate of drug-likeness (QED) is 0.793. The molecule has 1 unspecified atom stereocenters. The lowest BCUT2D eigenvalue weighted by Crippen LogP contribution is -2.36. The fourth-order valence-electron chi connectivity index (χ4n) is 2.32. The first kappa shape index (κ1) is 16.5. The van der Waals surface area contributed by atoms with E-state index in [1.807, 2.05) is 6.92 Å². The molecule has 1 fully saturated rings. The van der Waals surface area contributed by atoms with Gasteiger partial charge in [-0.05, 0) is 31.0 Å². The van der Waals surface area contributed by atoms with Gasteiger partial charge in [0.05, 0.1) is 13.2 Å². The molecule has 0 N–H and O–H groups in total. The Kier molecular flexibility index (Phi) is 5.48. The van der Waals surface area contributed by atoms with E-state index in [-0.39, 0.29) is 11.0 Å². The highest BCUT2D eigenvalue weighted by Crippen LogP contribution is 2.29. The van der Waals surface area contributed by atoms with Gasteiger partial charge in [0.25, 0.3) is 0 Å². The minimum atomic E-state index is -3.60. The van der Waals surface area contributed by atoms with Crippen LogP contribution in [0.25, 0.3) is 0 Å². The van der Waals surface area contributed by atoms with E-state index in [4.69, 9.17) is 21.1 Å². The second kappa shape index (κ2) is 6.96. The van der Waals surface area contributed by atoms with E-state index in [2.05, 4.69) is 0 Å². The lowest BCUT2D eigenvalue weighted by atomic mass is 10.2. The average Bonchev–Trinajstić information content (AvgIpc) is 2.71. The third-order valence-corrected chi connectivity index (χ3v) is 5.63. The van der Waals surface area contributed by atoms with Crippen molar-refractivity contribution in [2.45, 2.75) is 30.2 Å². The Morgan fingerprint density at radius 2 is 2.24 bits per heavy atom. The van der Waals surface area contributed by atoms with Gasteiger partial charge in [-0.1, -0.05) is 6.07 Å². The van der Waals surface area contributed by atoms with Crippen molar-refractivity contribution >= 4 is 21.6 Å². The number of rotatable bonds is 4. The van der Waals surface area contributed by atoms with E-state index in [0.717, 1.165) is 5.56 Å². The van der Waals surface area contributed by atoms with Crippen molar-refractivity contribution < 1.29 is 17.9 Å². The van der Waals surface area contributed by atoms with Gasteiger partial charge in [0.1, 0.15) is 10.6 Å². The first-order chi connectivity index (χ1) is 9.98. The first-order valence-corrected chi connectivity index (χ1v) is 8.81. The number of sulfonamides is 1. The Balaban J connectivity index is 2.38. The standard InChI is InChI=1S/C14H20ClNO4S/c1-11-10-16(6-3-7-20-11)21(17,18)14-5-4-12(9-15)8-13(14)19-2/h4-5,8,11H,3,6-7,9-10H2,1-2H3. The minimum Gasteiger partial charge on any atom is -0.495 e. The van der Waals surface area contributed by atoms with Gasteiger partial charge in [0.2, 0.25) is 10.0 Å². The van der Waals surface area contributed by atoms with E-state index in [1.165, 1.54) is 11.4 Å². The summed E-state index contributed by atoms with van der Waals surface area (Å²) in [5.41, 5.74) is 0.819. The molecule has 118 valence electrons. The molecule has 5 nitrogen and oxygen atoms in total. The van der Waals surface area contributed by atoms with Gasteiger partial charge in [-0.2, -0.15) is 4.31 Å². The number of hydrogen-bond donors (Lipinski definition) is 0. The normalized spacial score (nSPS) is 21.0. The number of halogens is 1. The van der Waals surface area contributed by atoms with Crippen molar-refractivity contribution in [2.24, 2.45) is 0 Å². The van der Waals surface area contributed by atoms with E-state index >= 15 is 0 Å². The molecule has 0 spiro atoms. The summed E-state index contributed by atoms with van der Waals surface area (Å²) >= 11 is 5.78. The maximum Gasteiger partial charge on any atom is 0.246 e. The maximum absolute atomic E-state index is 12.8. The molecule has 1 aliphatic rings. The largest absolute Gasteiger partial charge is 0.495 e. The molecular formula is C14H20ClNO4S. The SMILES string of the molecule is COc1cc(CCl)ccc1S(=O)(=O)N1CCCOC(C)C1. The van der Waals surface area contributed by atoms with E-state index in [9.17, 15) is 8.42 Å². The van der Waals surface area contributed by atoms with Gasteiger partial charge in [-0.3, -0.25) is 0 Å². The molecule has 0 amide bonds. The molecular weight excluding hydrogens is 314 g/mol. The van der Waals surface area contributed by atoms with Crippen molar-refractivity contribution in [3.8, 4) is 5.75 Å². The van der Waals surface area contributed by atoms with Crippen molar-refractivity contribution in [2.75, 3.05) is 26.8 Å². The summed E-state index contributed by atoms with van der Waals surface area (Å²) in [7, 11) is -2.14. The molecule has 0 aromatic heterocycles. The maximum atomic E-state index is 12.8. The number of benzene rings is 1. The van der Waals surface area contributed by atoms with Gasteiger partial charge >= 0.3 is 0 Å². The molecule has 2 rings (SSSR count). The van der Waals surface area contributed by atoms with Gasteiger partial charge in [-0.15, -0.1) is 11.6 Å². The molecule has 1 atom stereocenters. The first-order valence-electron chi connectivity index (χ1n) is 6.83. The van der Waals surface area contributed by atoms with Gasteiger partial charge in [0, 0.05) is 25.6 Å². The van der Waals surface area contributed by atoms with Gasteiger partial charge < -0.3 is 9.47 Å². The predicted molar refractivity (Wildman–Crippen MR) is 81.3 cm³/mol. The number of ether oxygens (including phenoxy) is 2. The van der Waals surface area contributed by atoms with Crippen LogP contribution in [0.15, 0.2) is 23.1 Å². The number of methoxy groups -OCH3 is 1. The fraction of sp³-hybridized carbons (Fsp3) is 0.571. The summed E-state index contributed by atoms with van der Waals surface area (Å²) in [4.78, 5) is 0.174. The van der Waals surface area contributed by atoms with Crippen molar-refractivity contribution in [1.82, 2.24) is 4.31 Å². The molecule has 0 aliphatic carbocycles. The third kappa shape index (κ3) is 3.69. The van der Waals surface area contributed by atoms with Crippen molar-refractivity contribution in [3.63, 3.8) is 0 Å². The summed E-state index contributed by atoms with van der Waals surface area (Å²) in [6.07, 6.45) is 0.571. The highest BCUT2D eigenvalue weighted by Gasteiger charge is 2.30. The molecule has 0 saturated carbocycles. The highest BCUT2D eigenvalue weighted by atomic mass is 35.5.